The van der Waals surface area contributed by atoms with Gasteiger partial charge in [-0.25, -0.2) is 8.42 Å². The van der Waals surface area contributed by atoms with Crippen molar-refractivity contribution in [1.29, 1.82) is 0 Å². The molecule has 1 aliphatic carbocycles. The molecule has 4 nitrogen and oxygen atoms in total. The Labute approximate surface area is 112 Å². The zero-order chi connectivity index (χ0) is 12.8. The van der Waals surface area contributed by atoms with E-state index in [1.807, 2.05) is 5.38 Å². The number of nitrogens with two attached hydrogens (primary N) is 1. The first kappa shape index (κ1) is 12.6. The minimum atomic E-state index is -3.26. The number of sulfonamides is 1. The van der Waals surface area contributed by atoms with E-state index in [9.17, 15) is 8.42 Å². The van der Waals surface area contributed by atoms with Gasteiger partial charge in [0.15, 0.2) is 0 Å². The highest BCUT2D eigenvalue weighted by atomic mass is 32.2. The van der Waals surface area contributed by atoms with Gasteiger partial charge in [0.1, 0.15) is 4.21 Å². The molecule has 2 heterocycles. The molecule has 1 aromatic heterocycles. The van der Waals surface area contributed by atoms with Gasteiger partial charge in [0, 0.05) is 19.1 Å². The minimum Gasteiger partial charge on any atom is -0.328 e. The first-order valence-corrected chi connectivity index (χ1v) is 8.68. The van der Waals surface area contributed by atoms with Crippen molar-refractivity contribution < 1.29 is 8.42 Å². The summed E-state index contributed by atoms with van der Waals surface area (Å²) in [6.45, 7) is 1.33. The molecule has 0 aromatic carbocycles. The third-order valence-corrected chi connectivity index (χ3v) is 7.35. The molecule has 100 valence electrons. The van der Waals surface area contributed by atoms with Gasteiger partial charge in [0.05, 0.1) is 0 Å². The van der Waals surface area contributed by atoms with Crippen molar-refractivity contribution in [3.63, 3.8) is 0 Å². The van der Waals surface area contributed by atoms with Crippen molar-refractivity contribution in [2.45, 2.75) is 29.5 Å². The highest BCUT2D eigenvalue weighted by molar-refractivity contribution is 7.91. The van der Waals surface area contributed by atoms with Gasteiger partial charge >= 0.3 is 0 Å². The predicted octanol–water partition coefficient (Wildman–Crippen LogP) is 1.50. The van der Waals surface area contributed by atoms with Gasteiger partial charge in [0.2, 0.25) is 0 Å². The van der Waals surface area contributed by atoms with Crippen molar-refractivity contribution >= 4 is 21.4 Å². The van der Waals surface area contributed by atoms with Crippen LogP contribution in [0.3, 0.4) is 0 Å². The molecule has 2 fully saturated rings. The third kappa shape index (κ3) is 2.11. The molecule has 6 heteroatoms. The van der Waals surface area contributed by atoms with Crippen LogP contribution in [-0.4, -0.2) is 31.9 Å². The van der Waals surface area contributed by atoms with Gasteiger partial charge in [-0.15, -0.1) is 11.3 Å². The van der Waals surface area contributed by atoms with E-state index in [0.717, 1.165) is 19.3 Å². The second kappa shape index (κ2) is 4.59. The van der Waals surface area contributed by atoms with Crippen LogP contribution in [0.5, 0.6) is 0 Å². The lowest BCUT2D eigenvalue weighted by molar-refractivity contribution is 0.271. The average molecular weight is 286 g/mol. The summed E-state index contributed by atoms with van der Waals surface area (Å²) in [5.74, 6) is 0.975. The average Bonchev–Trinajstić information content (AvgIpc) is 2.97. The second-order valence-corrected chi connectivity index (χ2v) is 8.46. The monoisotopic (exact) mass is 286 g/mol. The summed E-state index contributed by atoms with van der Waals surface area (Å²) in [4.78, 5) is 0. The molecule has 0 radical (unpaired) electrons. The van der Waals surface area contributed by atoms with Crippen LogP contribution >= 0.6 is 11.3 Å². The third-order valence-electron chi connectivity index (χ3n) is 4.15. The normalized spacial score (nSPS) is 33.5. The second-order valence-electron chi connectivity index (χ2n) is 5.35. The van der Waals surface area contributed by atoms with Crippen LogP contribution in [0.4, 0.5) is 0 Å². The predicted molar refractivity (Wildman–Crippen MR) is 71.9 cm³/mol. The van der Waals surface area contributed by atoms with Crippen molar-refractivity contribution in [3.8, 4) is 0 Å². The molecule has 0 spiro atoms. The first-order valence-electron chi connectivity index (χ1n) is 6.36. The fraction of sp³-hybridized carbons (Fsp3) is 0.667. The molecule has 1 unspecified atom stereocenters. The van der Waals surface area contributed by atoms with Crippen LogP contribution in [0, 0.1) is 11.8 Å². The van der Waals surface area contributed by atoms with E-state index in [1.165, 1.54) is 11.3 Å². The van der Waals surface area contributed by atoms with Gasteiger partial charge in [-0.2, -0.15) is 4.31 Å². The highest BCUT2D eigenvalue weighted by Crippen LogP contribution is 2.38. The Morgan fingerprint density at radius 1 is 1.28 bits per heavy atom. The summed E-state index contributed by atoms with van der Waals surface area (Å²) < 4.78 is 27.0. The smallest absolute Gasteiger partial charge is 0.252 e. The van der Waals surface area contributed by atoms with Gasteiger partial charge in [-0.3, -0.25) is 0 Å². The topological polar surface area (TPSA) is 63.4 Å². The lowest BCUT2D eigenvalue weighted by atomic mass is 9.79. The van der Waals surface area contributed by atoms with Crippen molar-refractivity contribution in [2.24, 2.45) is 17.6 Å². The molecule has 3 atom stereocenters. The number of nitrogens with zero attached hydrogens (tertiary/aromatic N) is 1. The Morgan fingerprint density at radius 3 is 2.78 bits per heavy atom. The fourth-order valence-corrected chi connectivity index (χ4v) is 5.86. The van der Waals surface area contributed by atoms with E-state index < -0.39 is 10.0 Å². The molecular weight excluding hydrogens is 268 g/mol. The quantitative estimate of drug-likeness (QED) is 0.896. The van der Waals surface area contributed by atoms with E-state index in [0.29, 0.717) is 29.1 Å². The van der Waals surface area contributed by atoms with E-state index in [2.05, 4.69) is 0 Å². The number of hydrogen-bond donors (Lipinski definition) is 1. The Morgan fingerprint density at radius 2 is 2.06 bits per heavy atom. The molecule has 1 aliphatic heterocycles. The van der Waals surface area contributed by atoms with Gasteiger partial charge in [-0.05, 0) is 42.5 Å². The summed E-state index contributed by atoms with van der Waals surface area (Å²) >= 11 is 1.30. The largest absolute Gasteiger partial charge is 0.328 e. The molecule has 1 saturated heterocycles. The summed E-state index contributed by atoms with van der Waals surface area (Å²) in [6.07, 6.45) is 3.08. The standard InChI is InChI=1S/C12H18N2O2S2/c13-11-4-3-9-7-14(8-10(9)6-11)18(15,16)12-2-1-5-17-12/h1-2,5,9-11H,3-4,6-8,13H2/t9-,10+,11?/m1/s1. The molecular formula is C12H18N2O2S2. The number of thiophene rings is 1. The number of rotatable bonds is 2. The van der Waals surface area contributed by atoms with Crippen molar-refractivity contribution in [3.05, 3.63) is 17.5 Å². The molecule has 1 saturated carbocycles. The van der Waals surface area contributed by atoms with Crippen LogP contribution < -0.4 is 5.73 Å². The van der Waals surface area contributed by atoms with E-state index in [1.54, 1.807) is 16.4 Å². The van der Waals surface area contributed by atoms with E-state index >= 15 is 0 Å². The summed E-state index contributed by atoms with van der Waals surface area (Å²) in [6, 6.07) is 3.74. The lowest BCUT2D eigenvalue weighted by Gasteiger charge is -2.28. The molecule has 2 N–H and O–H groups in total. The maximum atomic E-state index is 12.4. The van der Waals surface area contributed by atoms with E-state index in [-0.39, 0.29) is 6.04 Å². The zero-order valence-corrected chi connectivity index (χ0v) is 11.8. The van der Waals surface area contributed by atoms with Crippen molar-refractivity contribution in [1.82, 2.24) is 4.31 Å². The molecule has 0 bridgehead atoms. The highest BCUT2D eigenvalue weighted by Gasteiger charge is 2.41. The molecule has 3 rings (SSSR count). The van der Waals surface area contributed by atoms with Crippen LogP contribution in [0.15, 0.2) is 21.7 Å². The van der Waals surface area contributed by atoms with Crippen molar-refractivity contribution in [2.75, 3.05) is 13.1 Å². The Bertz CT molecular complexity index is 512. The van der Waals surface area contributed by atoms with Crippen LogP contribution in [0.25, 0.3) is 0 Å². The molecule has 1 aromatic rings. The maximum Gasteiger partial charge on any atom is 0.252 e. The number of fused-ring (bicyclic) bond motifs is 1. The minimum absolute atomic E-state index is 0.260. The van der Waals surface area contributed by atoms with Gasteiger partial charge < -0.3 is 5.73 Å². The van der Waals surface area contributed by atoms with Crippen LogP contribution in [-0.2, 0) is 10.0 Å². The Hall–Kier alpha value is -0.430. The van der Waals surface area contributed by atoms with E-state index in [4.69, 9.17) is 5.73 Å². The Kier molecular flexibility index (Phi) is 3.21. The molecule has 18 heavy (non-hydrogen) atoms. The lowest BCUT2D eigenvalue weighted by Crippen LogP contribution is -2.32. The van der Waals surface area contributed by atoms with Crippen LogP contribution in [0.1, 0.15) is 19.3 Å². The first-order chi connectivity index (χ1) is 8.57. The summed E-state index contributed by atoms with van der Waals surface area (Å²) in [5, 5.41) is 1.81. The fourth-order valence-electron chi connectivity index (χ4n) is 3.16. The number of hydrogen-bond acceptors (Lipinski definition) is 4. The zero-order valence-electron chi connectivity index (χ0n) is 10.2. The molecule has 0 amide bonds. The summed E-state index contributed by atoms with van der Waals surface area (Å²) in [5.41, 5.74) is 5.97. The SMILES string of the molecule is NC1CC[C@@H]2CN(S(=O)(=O)c3cccs3)C[C@@H]2C1. The summed E-state index contributed by atoms with van der Waals surface area (Å²) in [7, 11) is -3.26. The molecule has 2 aliphatic rings. The van der Waals surface area contributed by atoms with Gasteiger partial charge in [-0.1, -0.05) is 6.07 Å². The Balaban J connectivity index is 1.80. The maximum absolute atomic E-state index is 12.4. The van der Waals surface area contributed by atoms with Crippen LogP contribution in [0.2, 0.25) is 0 Å². The van der Waals surface area contributed by atoms with Gasteiger partial charge in [0.25, 0.3) is 10.0 Å².